The number of nitrogens with zero attached hydrogens (tertiary/aromatic N) is 5. The van der Waals surface area contributed by atoms with Crippen LogP contribution in [-0.2, 0) is 13.5 Å². The molecule has 40 heavy (non-hydrogen) atoms. The predicted octanol–water partition coefficient (Wildman–Crippen LogP) is 5.84. The fourth-order valence-corrected chi connectivity index (χ4v) is 4.66. The summed E-state index contributed by atoms with van der Waals surface area (Å²) in [5, 5.41) is 31.0. The molecule has 0 aliphatic heterocycles. The summed E-state index contributed by atoms with van der Waals surface area (Å²) in [6, 6.07) is 12.3. The highest BCUT2D eigenvalue weighted by atomic mass is 35.5. The predicted molar refractivity (Wildman–Crippen MR) is 140 cm³/mol. The summed E-state index contributed by atoms with van der Waals surface area (Å²) < 4.78 is 45.9. The number of pyridine rings is 1. The zero-order valence-corrected chi connectivity index (χ0v) is 21.6. The fraction of sp³-hybridized carbons (Fsp3) is 0.143. The van der Waals surface area contributed by atoms with E-state index in [1.165, 1.54) is 24.3 Å². The third-order valence-corrected chi connectivity index (χ3v) is 6.79. The van der Waals surface area contributed by atoms with Crippen molar-refractivity contribution in [1.29, 1.82) is 0 Å². The molecule has 0 amide bonds. The molecule has 0 saturated heterocycles. The van der Waals surface area contributed by atoms with Crippen LogP contribution in [0.15, 0.2) is 79.4 Å². The molecule has 5 rings (SSSR count). The van der Waals surface area contributed by atoms with E-state index in [2.05, 4.69) is 10.2 Å². The highest BCUT2D eigenvalue weighted by Crippen LogP contribution is 2.36. The maximum atomic E-state index is 14.9. The molecule has 1 N–H and O–H groups in total. The van der Waals surface area contributed by atoms with E-state index in [0.29, 0.717) is 21.6 Å². The lowest BCUT2D eigenvalue weighted by atomic mass is 9.99. The maximum Gasteiger partial charge on any atom is 0.335 e. The lowest BCUT2D eigenvalue weighted by molar-refractivity contribution is -0.615. The van der Waals surface area contributed by atoms with Crippen LogP contribution in [0.2, 0.25) is 5.02 Å². The van der Waals surface area contributed by atoms with Gasteiger partial charge in [0.1, 0.15) is 11.9 Å². The van der Waals surface area contributed by atoms with E-state index in [1.807, 2.05) is 0 Å². The average Bonchev–Trinajstić information content (AvgIpc) is 3.58. The Balaban J connectivity index is 1.56. The zero-order chi connectivity index (χ0) is 28.6. The van der Waals surface area contributed by atoms with Gasteiger partial charge in [-0.05, 0) is 35.9 Å². The Bertz CT molecular complexity index is 1700. The normalized spacial score (nSPS) is 12.2. The van der Waals surface area contributed by atoms with Crippen molar-refractivity contribution in [1.82, 2.24) is 19.6 Å². The number of carboxylic acids is 1. The van der Waals surface area contributed by atoms with Crippen molar-refractivity contribution in [2.45, 2.75) is 18.9 Å². The van der Waals surface area contributed by atoms with Crippen LogP contribution in [0.4, 0.5) is 13.2 Å². The van der Waals surface area contributed by atoms with Crippen LogP contribution in [0.25, 0.3) is 22.3 Å². The van der Waals surface area contributed by atoms with Gasteiger partial charge >= 0.3 is 5.97 Å². The molecule has 12 heteroatoms. The number of halogens is 4. The fourth-order valence-electron chi connectivity index (χ4n) is 4.51. The third kappa shape index (κ3) is 5.28. The first-order valence-electron chi connectivity index (χ1n) is 12.0. The zero-order valence-electron chi connectivity index (χ0n) is 20.9. The molecular formula is C28H21ClF3N5O3. The molecule has 0 unspecified atom stereocenters. The van der Waals surface area contributed by atoms with Gasteiger partial charge in [-0.25, -0.2) is 18.0 Å². The van der Waals surface area contributed by atoms with Crippen LogP contribution in [0.3, 0.4) is 0 Å². The first-order chi connectivity index (χ1) is 19.1. The maximum absolute atomic E-state index is 14.9. The van der Waals surface area contributed by atoms with Gasteiger partial charge in [-0.1, -0.05) is 29.8 Å². The summed E-state index contributed by atoms with van der Waals surface area (Å²) in [4.78, 5) is 11.2. The van der Waals surface area contributed by atoms with Crippen molar-refractivity contribution < 1.29 is 27.8 Å². The van der Waals surface area contributed by atoms with Gasteiger partial charge in [-0.15, -0.1) is 0 Å². The van der Waals surface area contributed by atoms with E-state index in [0.717, 1.165) is 18.3 Å². The van der Waals surface area contributed by atoms with Crippen molar-refractivity contribution in [2.75, 3.05) is 0 Å². The Morgan fingerprint density at radius 2 is 1.80 bits per heavy atom. The lowest BCUT2D eigenvalue weighted by Gasteiger charge is -2.18. The molecule has 0 aliphatic carbocycles. The van der Waals surface area contributed by atoms with Crippen LogP contribution in [0.5, 0.6) is 0 Å². The Hall–Kier alpha value is -4.64. The highest BCUT2D eigenvalue weighted by molar-refractivity contribution is 6.31. The minimum absolute atomic E-state index is 0.0506. The van der Waals surface area contributed by atoms with Gasteiger partial charge in [0.2, 0.25) is 5.69 Å². The van der Waals surface area contributed by atoms with Crippen LogP contribution in [0, 0.1) is 11.0 Å². The minimum atomic E-state index is -2.98. The quantitative estimate of drug-likeness (QED) is 0.187. The summed E-state index contributed by atoms with van der Waals surface area (Å²) >= 11 is 5.86. The number of benzene rings is 2. The molecule has 3 aromatic heterocycles. The molecule has 3 heterocycles. The molecule has 0 saturated carbocycles. The molecule has 0 fully saturated rings. The number of aromatic carboxylic acids is 1. The standard InChI is InChI=1S/C28H21ClF3N5O3/c1-35-11-10-20(34-35)12-24(36-14-19(13-33-36)16-2-4-17(5-3-16)28(38)39)23-9-6-18(15-37(23)40)25-21(27(31)32)7-8-22(29)26(25)30/h2-11,13-15,24,27H,12H2,1H3,(H,38,39)/t24-/m1/s1. The number of carboxylic acid groups (broad SMARTS) is 1. The second-order valence-corrected chi connectivity index (χ2v) is 9.49. The van der Waals surface area contributed by atoms with E-state index >= 15 is 0 Å². The van der Waals surface area contributed by atoms with Crippen molar-refractivity contribution in [3.8, 4) is 22.3 Å². The first-order valence-corrected chi connectivity index (χ1v) is 12.4. The second-order valence-electron chi connectivity index (χ2n) is 9.09. The summed E-state index contributed by atoms with van der Waals surface area (Å²) in [5.74, 6) is -2.08. The lowest BCUT2D eigenvalue weighted by Crippen LogP contribution is -2.36. The van der Waals surface area contributed by atoms with Gasteiger partial charge in [0, 0.05) is 48.6 Å². The monoisotopic (exact) mass is 567 g/mol. The second kappa shape index (κ2) is 10.9. The molecule has 1 atom stereocenters. The summed E-state index contributed by atoms with van der Waals surface area (Å²) in [7, 11) is 1.76. The van der Waals surface area contributed by atoms with Gasteiger partial charge in [0.25, 0.3) is 6.43 Å². The summed E-state index contributed by atoms with van der Waals surface area (Å²) in [6.07, 6.45) is 3.37. The molecule has 0 bridgehead atoms. The van der Waals surface area contributed by atoms with E-state index < -0.39 is 35.4 Å². The Morgan fingerprint density at radius 3 is 2.42 bits per heavy atom. The van der Waals surface area contributed by atoms with Crippen molar-refractivity contribution in [2.24, 2.45) is 7.05 Å². The van der Waals surface area contributed by atoms with Crippen LogP contribution in [-0.4, -0.2) is 30.6 Å². The van der Waals surface area contributed by atoms with Gasteiger partial charge in [0.05, 0.1) is 28.0 Å². The number of hydrogen-bond acceptors (Lipinski definition) is 4. The molecule has 5 aromatic rings. The molecule has 0 radical (unpaired) electrons. The molecule has 204 valence electrons. The Morgan fingerprint density at radius 1 is 1.07 bits per heavy atom. The highest BCUT2D eigenvalue weighted by Gasteiger charge is 2.27. The number of hydrogen-bond donors (Lipinski definition) is 1. The smallest absolute Gasteiger partial charge is 0.335 e. The number of aromatic nitrogens is 5. The molecular weight excluding hydrogens is 547 g/mol. The van der Waals surface area contributed by atoms with Crippen LogP contribution in [0.1, 0.15) is 39.8 Å². The van der Waals surface area contributed by atoms with Gasteiger partial charge in [0.15, 0.2) is 6.20 Å². The van der Waals surface area contributed by atoms with E-state index in [-0.39, 0.29) is 28.3 Å². The largest absolute Gasteiger partial charge is 0.618 e. The number of rotatable bonds is 8. The number of alkyl halides is 2. The van der Waals surface area contributed by atoms with E-state index in [1.54, 1.807) is 53.2 Å². The number of aryl methyl sites for hydroxylation is 1. The summed E-state index contributed by atoms with van der Waals surface area (Å²) in [6.45, 7) is 0. The van der Waals surface area contributed by atoms with E-state index in [9.17, 15) is 23.2 Å². The van der Waals surface area contributed by atoms with Gasteiger partial charge < -0.3 is 10.3 Å². The molecule has 0 spiro atoms. The van der Waals surface area contributed by atoms with E-state index in [4.69, 9.17) is 16.7 Å². The molecule has 0 aliphatic rings. The average molecular weight is 568 g/mol. The summed E-state index contributed by atoms with van der Waals surface area (Å²) in [5.41, 5.74) is 1.35. The van der Waals surface area contributed by atoms with Crippen molar-refractivity contribution >= 4 is 17.6 Å². The Labute approximate surface area is 231 Å². The van der Waals surface area contributed by atoms with Gasteiger partial charge in [-0.3, -0.25) is 9.36 Å². The van der Waals surface area contributed by atoms with Crippen LogP contribution < -0.4 is 4.73 Å². The van der Waals surface area contributed by atoms with Crippen molar-refractivity contribution in [3.05, 3.63) is 118 Å². The van der Waals surface area contributed by atoms with Crippen LogP contribution >= 0.6 is 11.6 Å². The van der Waals surface area contributed by atoms with Gasteiger partial charge in [-0.2, -0.15) is 14.9 Å². The molecule has 8 nitrogen and oxygen atoms in total. The number of carbonyl (C=O) groups is 1. The van der Waals surface area contributed by atoms with Crippen molar-refractivity contribution in [3.63, 3.8) is 0 Å². The first kappa shape index (κ1) is 26.9. The molecule has 2 aromatic carbocycles. The topological polar surface area (TPSA) is 99.9 Å². The minimum Gasteiger partial charge on any atom is -0.618 e. The third-order valence-electron chi connectivity index (χ3n) is 6.49. The SMILES string of the molecule is Cn1ccc(C[C@H](c2ccc(-c3c(C(F)F)ccc(Cl)c3F)c[n+]2[O-])n2cc(-c3ccc(C(=O)O)cc3)cn2)n1. The Kier molecular flexibility index (Phi) is 7.31.